The molecule has 5 nitrogen and oxygen atoms in total. The predicted molar refractivity (Wildman–Crippen MR) is 90.1 cm³/mol. The van der Waals surface area contributed by atoms with E-state index in [-0.39, 0.29) is 11.0 Å². The van der Waals surface area contributed by atoms with E-state index in [1.54, 1.807) is 0 Å². The predicted octanol–water partition coefficient (Wildman–Crippen LogP) is 3.68. The molecule has 1 saturated carbocycles. The molecule has 1 amide bonds. The van der Waals surface area contributed by atoms with Crippen molar-refractivity contribution >= 4 is 17.5 Å². The summed E-state index contributed by atoms with van der Waals surface area (Å²) in [5.74, 6) is 0. The van der Waals surface area contributed by atoms with Crippen LogP contribution in [0.25, 0.3) is 0 Å². The molecule has 0 unspecified atom stereocenters. The molecule has 0 heterocycles. The van der Waals surface area contributed by atoms with E-state index in [4.69, 9.17) is 5.73 Å². The van der Waals surface area contributed by atoms with Crippen molar-refractivity contribution in [1.82, 2.24) is 5.32 Å². The molecule has 1 aromatic rings. The largest absolute Gasteiger partial charge is 0.465 e. The first kappa shape index (κ1) is 16.5. The van der Waals surface area contributed by atoms with Crippen LogP contribution in [-0.4, -0.2) is 22.8 Å². The Morgan fingerprint density at radius 1 is 1.27 bits per heavy atom. The fourth-order valence-electron chi connectivity index (χ4n) is 3.37. The number of para-hydroxylation sites is 2. The van der Waals surface area contributed by atoms with Crippen molar-refractivity contribution in [3.63, 3.8) is 0 Å². The molecular weight excluding hydrogens is 278 g/mol. The molecule has 0 bridgehead atoms. The highest BCUT2D eigenvalue weighted by atomic mass is 16.4. The standard InChI is InChI=1S/C17H27N3O2/c1-16(2,3)17(20-15(21)22)10-8-12(9-11-17)19-14-7-5-4-6-13(14)18/h4-7,12,19-20H,8-11,18H2,1-3H3,(H,21,22)/t12-,17-. The Kier molecular flexibility index (Phi) is 4.54. The summed E-state index contributed by atoms with van der Waals surface area (Å²) >= 11 is 0. The first-order valence-corrected chi connectivity index (χ1v) is 7.86. The van der Waals surface area contributed by atoms with Crippen LogP contribution in [0.5, 0.6) is 0 Å². The zero-order valence-corrected chi connectivity index (χ0v) is 13.6. The van der Waals surface area contributed by atoms with Crippen LogP contribution in [-0.2, 0) is 0 Å². The third-order valence-electron chi connectivity index (χ3n) is 4.94. The zero-order chi connectivity index (χ0) is 16.4. The van der Waals surface area contributed by atoms with Crippen LogP contribution in [0.4, 0.5) is 16.2 Å². The quantitative estimate of drug-likeness (QED) is 0.642. The van der Waals surface area contributed by atoms with E-state index in [2.05, 4.69) is 31.4 Å². The first-order chi connectivity index (χ1) is 10.2. The number of nitrogens with two attached hydrogens (primary N) is 1. The number of carboxylic acid groups (broad SMARTS) is 1. The van der Waals surface area contributed by atoms with Crippen molar-refractivity contribution in [1.29, 1.82) is 0 Å². The maximum Gasteiger partial charge on any atom is 0.405 e. The summed E-state index contributed by atoms with van der Waals surface area (Å²) < 4.78 is 0. The van der Waals surface area contributed by atoms with Crippen LogP contribution in [0, 0.1) is 5.41 Å². The Balaban J connectivity index is 2.04. The normalized spacial score (nSPS) is 25.5. The number of rotatable bonds is 3. The van der Waals surface area contributed by atoms with Crippen LogP contribution in [0.1, 0.15) is 46.5 Å². The SMILES string of the molecule is CC(C)(C)[C@]1(NC(=O)O)CC[C@H](Nc2ccccc2N)CC1. The van der Waals surface area contributed by atoms with Crippen LogP contribution >= 0.6 is 0 Å². The average Bonchev–Trinajstić information content (AvgIpc) is 2.42. The highest BCUT2D eigenvalue weighted by Gasteiger charge is 2.45. The third kappa shape index (κ3) is 3.46. The second-order valence-electron chi connectivity index (χ2n) is 7.27. The van der Waals surface area contributed by atoms with Gasteiger partial charge in [-0.05, 0) is 43.2 Å². The molecule has 0 radical (unpaired) electrons. The minimum Gasteiger partial charge on any atom is -0.465 e. The van der Waals surface area contributed by atoms with E-state index >= 15 is 0 Å². The maximum absolute atomic E-state index is 11.2. The number of nitrogen functional groups attached to an aromatic ring is 1. The van der Waals surface area contributed by atoms with Crippen molar-refractivity contribution in [2.45, 2.75) is 58.0 Å². The molecule has 1 aliphatic carbocycles. The summed E-state index contributed by atoms with van der Waals surface area (Å²) in [5, 5.41) is 15.5. The molecule has 0 atom stereocenters. The molecule has 22 heavy (non-hydrogen) atoms. The Labute approximate surface area is 132 Å². The summed E-state index contributed by atoms with van der Waals surface area (Å²) in [6, 6.07) is 8.08. The third-order valence-corrected chi connectivity index (χ3v) is 4.94. The van der Waals surface area contributed by atoms with Gasteiger partial charge in [-0.15, -0.1) is 0 Å². The van der Waals surface area contributed by atoms with Crippen molar-refractivity contribution in [3.05, 3.63) is 24.3 Å². The lowest BCUT2D eigenvalue weighted by Crippen LogP contribution is -2.59. The summed E-state index contributed by atoms with van der Waals surface area (Å²) in [6.45, 7) is 6.31. The minimum absolute atomic E-state index is 0.109. The average molecular weight is 305 g/mol. The topological polar surface area (TPSA) is 87.4 Å². The lowest BCUT2D eigenvalue weighted by Gasteiger charge is -2.49. The van der Waals surface area contributed by atoms with Gasteiger partial charge in [0.1, 0.15) is 0 Å². The van der Waals surface area contributed by atoms with Crippen LogP contribution in [0.15, 0.2) is 24.3 Å². The molecule has 1 fully saturated rings. The van der Waals surface area contributed by atoms with Gasteiger partial charge in [-0.25, -0.2) is 4.79 Å². The second kappa shape index (κ2) is 6.07. The highest BCUT2D eigenvalue weighted by molar-refractivity contribution is 5.67. The lowest BCUT2D eigenvalue weighted by molar-refractivity contribution is 0.0804. The molecule has 0 spiro atoms. The smallest absolute Gasteiger partial charge is 0.405 e. The van der Waals surface area contributed by atoms with E-state index in [0.29, 0.717) is 6.04 Å². The van der Waals surface area contributed by atoms with Gasteiger partial charge in [-0.2, -0.15) is 0 Å². The Bertz CT molecular complexity index is 529. The van der Waals surface area contributed by atoms with E-state index < -0.39 is 6.09 Å². The van der Waals surface area contributed by atoms with Gasteiger partial charge >= 0.3 is 6.09 Å². The fraction of sp³-hybridized carbons (Fsp3) is 0.588. The molecule has 5 heteroatoms. The van der Waals surface area contributed by atoms with Gasteiger partial charge in [-0.3, -0.25) is 0 Å². The molecule has 0 aliphatic heterocycles. The van der Waals surface area contributed by atoms with Gasteiger partial charge in [0.15, 0.2) is 0 Å². The van der Waals surface area contributed by atoms with Crippen molar-refractivity contribution in [2.75, 3.05) is 11.1 Å². The molecule has 1 aliphatic rings. The number of benzene rings is 1. The maximum atomic E-state index is 11.2. The van der Waals surface area contributed by atoms with Crippen LogP contribution in [0.3, 0.4) is 0 Å². The molecule has 2 rings (SSSR count). The Hall–Kier alpha value is -1.91. The van der Waals surface area contributed by atoms with Gasteiger partial charge in [0, 0.05) is 11.6 Å². The monoisotopic (exact) mass is 305 g/mol. The summed E-state index contributed by atoms with van der Waals surface area (Å²) in [6.07, 6.45) is 2.56. The van der Waals surface area contributed by atoms with Gasteiger partial charge in [0.05, 0.1) is 11.4 Å². The number of amides is 1. The number of hydrogen-bond acceptors (Lipinski definition) is 3. The van der Waals surface area contributed by atoms with E-state index in [9.17, 15) is 9.90 Å². The number of carbonyl (C=O) groups is 1. The zero-order valence-electron chi connectivity index (χ0n) is 13.6. The lowest BCUT2D eigenvalue weighted by atomic mass is 9.64. The molecule has 0 saturated heterocycles. The van der Waals surface area contributed by atoms with E-state index in [1.807, 2.05) is 24.3 Å². The summed E-state index contributed by atoms with van der Waals surface area (Å²) in [7, 11) is 0. The first-order valence-electron chi connectivity index (χ1n) is 7.86. The summed E-state index contributed by atoms with van der Waals surface area (Å²) in [4.78, 5) is 11.2. The Morgan fingerprint density at radius 3 is 2.36 bits per heavy atom. The molecule has 0 aromatic heterocycles. The van der Waals surface area contributed by atoms with E-state index in [1.165, 1.54) is 0 Å². The van der Waals surface area contributed by atoms with Crippen molar-refractivity contribution in [2.24, 2.45) is 5.41 Å². The van der Waals surface area contributed by atoms with Crippen LogP contribution < -0.4 is 16.4 Å². The fourth-order valence-corrected chi connectivity index (χ4v) is 3.37. The molecule has 5 N–H and O–H groups in total. The number of hydrogen-bond donors (Lipinski definition) is 4. The molecular formula is C17H27N3O2. The number of anilines is 2. The van der Waals surface area contributed by atoms with Crippen LogP contribution in [0.2, 0.25) is 0 Å². The van der Waals surface area contributed by atoms with Crippen molar-refractivity contribution < 1.29 is 9.90 Å². The van der Waals surface area contributed by atoms with Gasteiger partial charge in [-0.1, -0.05) is 32.9 Å². The van der Waals surface area contributed by atoms with Gasteiger partial charge in [0.25, 0.3) is 0 Å². The van der Waals surface area contributed by atoms with Crippen molar-refractivity contribution in [3.8, 4) is 0 Å². The number of nitrogens with one attached hydrogen (secondary N) is 2. The van der Waals surface area contributed by atoms with Gasteiger partial charge in [0.2, 0.25) is 0 Å². The summed E-state index contributed by atoms with van der Waals surface area (Å²) in [5.41, 5.74) is 7.21. The van der Waals surface area contributed by atoms with E-state index in [0.717, 1.165) is 37.1 Å². The second-order valence-corrected chi connectivity index (χ2v) is 7.27. The molecule has 122 valence electrons. The van der Waals surface area contributed by atoms with Gasteiger partial charge < -0.3 is 21.5 Å². The highest BCUT2D eigenvalue weighted by Crippen LogP contribution is 2.42. The minimum atomic E-state index is -0.936. The Morgan fingerprint density at radius 2 is 1.86 bits per heavy atom. The molecule has 1 aromatic carbocycles.